The third-order valence-electron chi connectivity index (χ3n) is 7.44. The van der Waals surface area contributed by atoms with E-state index in [1.54, 1.807) is 37.0 Å². The zero-order valence-electron chi connectivity index (χ0n) is 16.8. The number of nitriles is 1. The average molecular weight is 368 g/mol. The highest BCUT2D eigenvalue weighted by molar-refractivity contribution is 6.80. The predicted octanol–water partition coefficient (Wildman–Crippen LogP) is 7.65. The third-order valence-corrected chi connectivity index (χ3v) is 12.8. The van der Waals surface area contributed by atoms with Crippen LogP contribution in [0, 0.1) is 17.2 Å². The number of hydrogen-bond acceptors (Lipinski definition) is 1. The zero-order valence-corrected chi connectivity index (χ0v) is 17.8. The number of nitrogens with zero attached hydrogens (tertiary/aromatic N) is 1. The molecule has 2 saturated heterocycles. The predicted molar refractivity (Wildman–Crippen MR) is 114 cm³/mol. The van der Waals surface area contributed by atoms with E-state index in [0.717, 1.165) is 17.4 Å². The third kappa shape index (κ3) is 5.23. The van der Waals surface area contributed by atoms with Crippen LogP contribution < -0.4 is 0 Å². The van der Waals surface area contributed by atoms with Crippen molar-refractivity contribution in [1.29, 1.82) is 5.26 Å². The molecule has 3 rings (SSSR count). The molecule has 26 heavy (non-hydrogen) atoms. The van der Waals surface area contributed by atoms with Crippen LogP contribution in [0.3, 0.4) is 0 Å². The van der Waals surface area contributed by atoms with Crippen molar-refractivity contribution in [2.24, 2.45) is 5.92 Å². The van der Waals surface area contributed by atoms with Crippen molar-refractivity contribution in [1.82, 2.24) is 0 Å². The van der Waals surface area contributed by atoms with Gasteiger partial charge in [-0.25, -0.2) is 0 Å². The average Bonchev–Trinajstić information content (AvgIpc) is 2.70. The van der Waals surface area contributed by atoms with Crippen LogP contribution in [-0.2, 0) is 0 Å². The molecule has 0 aliphatic carbocycles. The first-order valence-corrected chi connectivity index (χ1v) is 14.1. The van der Waals surface area contributed by atoms with Gasteiger partial charge in [0, 0.05) is 0 Å². The molecule has 2 heterocycles. The molecule has 0 bridgehead atoms. The molecule has 2 aliphatic rings. The van der Waals surface area contributed by atoms with Crippen LogP contribution in [0.2, 0.25) is 24.2 Å². The molecule has 142 valence electrons. The van der Waals surface area contributed by atoms with Crippen molar-refractivity contribution in [2.45, 2.75) is 101 Å². The SMILES string of the molecule is CCCCCCCC1CC[Si]2(CC1)CCC(c1ccc(C#N)cc1)CC2. The summed E-state index contributed by atoms with van der Waals surface area (Å²) in [5.74, 6) is 1.82. The first-order chi connectivity index (χ1) is 12.7. The molecule has 2 fully saturated rings. The van der Waals surface area contributed by atoms with Gasteiger partial charge in [0.05, 0.1) is 19.7 Å². The minimum atomic E-state index is -0.917. The molecule has 2 aliphatic heterocycles. The fourth-order valence-corrected chi connectivity index (χ4v) is 11.0. The van der Waals surface area contributed by atoms with Gasteiger partial charge in [-0.05, 0) is 42.4 Å². The Morgan fingerprint density at radius 2 is 1.50 bits per heavy atom. The van der Waals surface area contributed by atoms with E-state index in [0.29, 0.717) is 0 Å². The maximum Gasteiger partial charge on any atom is 0.0991 e. The molecular formula is C24H37NSi. The van der Waals surface area contributed by atoms with Gasteiger partial charge in [-0.2, -0.15) is 5.26 Å². The Morgan fingerprint density at radius 1 is 0.885 bits per heavy atom. The van der Waals surface area contributed by atoms with Crippen molar-refractivity contribution in [3.05, 3.63) is 35.4 Å². The Labute approximate surface area is 162 Å². The van der Waals surface area contributed by atoms with E-state index in [-0.39, 0.29) is 0 Å². The van der Waals surface area contributed by atoms with Gasteiger partial charge in [-0.1, -0.05) is 94.6 Å². The lowest BCUT2D eigenvalue weighted by Gasteiger charge is -2.43. The Balaban J connectivity index is 1.40. The van der Waals surface area contributed by atoms with E-state index >= 15 is 0 Å². The summed E-state index contributed by atoms with van der Waals surface area (Å²) in [5.41, 5.74) is 2.28. The van der Waals surface area contributed by atoms with E-state index in [9.17, 15) is 0 Å². The maximum absolute atomic E-state index is 8.97. The molecule has 0 saturated carbocycles. The molecule has 2 heteroatoms. The van der Waals surface area contributed by atoms with Crippen molar-refractivity contribution < 1.29 is 0 Å². The molecule has 0 amide bonds. The summed E-state index contributed by atoms with van der Waals surface area (Å²) in [6, 6.07) is 17.1. The summed E-state index contributed by atoms with van der Waals surface area (Å²) in [6.45, 7) is 2.31. The molecule has 0 radical (unpaired) electrons. The van der Waals surface area contributed by atoms with E-state index in [4.69, 9.17) is 5.26 Å². The number of benzene rings is 1. The molecule has 0 atom stereocenters. The van der Waals surface area contributed by atoms with Gasteiger partial charge in [0.1, 0.15) is 0 Å². The van der Waals surface area contributed by atoms with Crippen LogP contribution in [0.15, 0.2) is 24.3 Å². The van der Waals surface area contributed by atoms with Gasteiger partial charge in [-0.15, -0.1) is 0 Å². The lowest BCUT2D eigenvalue weighted by Crippen LogP contribution is -2.41. The summed E-state index contributed by atoms with van der Waals surface area (Å²) in [7, 11) is -0.917. The second kappa shape index (κ2) is 9.74. The van der Waals surface area contributed by atoms with E-state index < -0.39 is 8.07 Å². The standard InChI is InChI=1S/C24H37NSi/c1-2-3-4-5-6-7-21-12-16-26(17-13-21)18-14-24(15-19-26)23-10-8-22(20-25)9-11-23/h8-11,21,24H,2-7,12-19H2,1H3. The van der Waals surface area contributed by atoms with Crippen molar-refractivity contribution in [2.75, 3.05) is 0 Å². The highest BCUT2D eigenvalue weighted by atomic mass is 28.3. The molecule has 1 aromatic rings. The summed E-state index contributed by atoms with van der Waals surface area (Å²) in [4.78, 5) is 0. The van der Waals surface area contributed by atoms with Crippen LogP contribution in [0.4, 0.5) is 0 Å². The van der Waals surface area contributed by atoms with Gasteiger partial charge in [-0.3, -0.25) is 0 Å². The van der Waals surface area contributed by atoms with Gasteiger partial charge >= 0.3 is 0 Å². The van der Waals surface area contributed by atoms with Crippen molar-refractivity contribution >= 4 is 8.07 Å². The van der Waals surface area contributed by atoms with Gasteiger partial charge in [0.25, 0.3) is 0 Å². The molecule has 0 N–H and O–H groups in total. The number of rotatable bonds is 7. The van der Waals surface area contributed by atoms with Gasteiger partial charge in [0.15, 0.2) is 0 Å². The fraction of sp³-hybridized carbons (Fsp3) is 0.708. The van der Waals surface area contributed by atoms with Gasteiger partial charge < -0.3 is 0 Å². The normalized spacial score (nSPS) is 28.8. The van der Waals surface area contributed by atoms with Crippen LogP contribution in [0.25, 0.3) is 0 Å². The van der Waals surface area contributed by atoms with Crippen LogP contribution >= 0.6 is 0 Å². The minimum absolute atomic E-state index is 0.761. The second-order valence-electron chi connectivity index (χ2n) is 9.15. The molecular weight excluding hydrogens is 330 g/mol. The lowest BCUT2D eigenvalue weighted by molar-refractivity contribution is 0.404. The highest BCUT2D eigenvalue weighted by Gasteiger charge is 2.40. The largest absolute Gasteiger partial charge is 0.192 e. The smallest absolute Gasteiger partial charge is 0.0991 e. The Bertz CT molecular complexity index is 567. The minimum Gasteiger partial charge on any atom is -0.192 e. The Kier molecular flexibility index (Phi) is 7.38. The Morgan fingerprint density at radius 3 is 2.12 bits per heavy atom. The molecule has 0 unspecified atom stereocenters. The number of hydrogen-bond donors (Lipinski definition) is 0. The highest BCUT2D eigenvalue weighted by Crippen LogP contribution is 2.47. The monoisotopic (exact) mass is 367 g/mol. The van der Waals surface area contributed by atoms with Gasteiger partial charge in [0.2, 0.25) is 0 Å². The quantitative estimate of drug-likeness (QED) is 0.358. The van der Waals surface area contributed by atoms with E-state index in [2.05, 4.69) is 25.1 Å². The van der Waals surface area contributed by atoms with Crippen LogP contribution in [-0.4, -0.2) is 8.07 Å². The lowest BCUT2D eigenvalue weighted by atomic mass is 9.93. The van der Waals surface area contributed by atoms with Crippen molar-refractivity contribution in [3.63, 3.8) is 0 Å². The first kappa shape index (κ1) is 19.7. The second-order valence-corrected chi connectivity index (χ2v) is 14.2. The Hall–Kier alpha value is -1.07. The first-order valence-electron chi connectivity index (χ1n) is 11.2. The summed E-state index contributed by atoms with van der Waals surface area (Å²) >= 11 is 0. The van der Waals surface area contributed by atoms with Crippen LogP contribution in [0.1, 0.15) is 88.2 Å². The fourth-order valence-electron chi connectivity index (χ4n) is 5.51. The molecule has 0 aromatic heterocycles. The summed E-state index contributed by atoms with van der Waals surface area (Å²) in [6.07, 6.45) is 14.7. The maximum atomic E-state index is 8.97. The molecule has 1 aromatic carbocycles. The zero-order chi connectivity index (χ0) is 18.2. The van der Waals surface area contributed by atoms with E-state index in [1.165, 1.54) is 56.9 Å². The molecule has 1 spiro atoms. The van der Waals surface area contributed by atoms with Crippen molar-refractivity contribution in [3.8, 4) is 6.07 Å². The number of unbranched alkanes of at least 4 members (excludes halogenated alkanes) is 4. The summed E-state index contributed by atoms with van der Waals surface area (Å²) < 4.78 is 0. The molecule has 1 nitrogen and oxygen atoms in total. The van der Waals surface area contributed by atoms with Crippen LogP contribution in [0.5, 0.6) is 0 Å². The van der Waals surface area contributed by atoms with E-state index in [1.807, 2.05) is 12.1 Å². The topological polar surface area (TPSA) is 23.8 Å². The summed E-state index contributed by atoms with van der Waals surface area (Å²) in [5, 5.41) is 8.97.